The Labute approximate surface area is 116 Å². The molecule has 0 aromatic heterocycles. The van der Waals surface area contributed by atoms with Crippen LogP contribution >= 0.6 is 0 Å². The Kier molecular flexibility index (Phi) is 4.22. The molecule has 1 fully saturated rings. The fourth-order valence-electron chi connectivity index (χ4n) is 2.56. The van der Waals surface area contributed by atoms with Crippen LogP contribution < -0.4 is 5.32 Å². The van der Waals surface area contributed by atoms with Crippen molar-refractivity contribution < 1.29 is 13.2 Å². The molecule has 2 nitrogen and oxygen atoms in total. The summed E-state index contributed by atoms with van der Waals surface area (Å²) in [5.74, 6) is 0.705. The van der Waals surface area contributed by atoms with Gasteiger partial charge in [-0.15, -0.1) is 0 Å². The number of rotatable bonds is 2. The normalized spacial score (nSPS) is 23.1. The summed E-state index contributed by atoms with van der Waals surface area (Å²) in [4.78, 5) is 0. The van der Waals surface area contributed by atoms with E-state index in [4.69, 9.17) is 5.26 Å². The summed E-state index contributed by atoms with van der Waals surface area (Å²) in [5, 5.41) is 12.2. The molecule has 108 valence electrons. The Hall–Kier alpha value is -1.70. The fourth-order valence-corrected chi connectivity index (χ4v) is 2.56. The van der Waals surface area contributed by atoms with Crippen molar-refractivity contribution in [2.24, 2.45) is 5.92 Å². The maximum absolute atomic E-state index is 12.6. The summed E-state index contributed by atoms with van der Waals surface area (Å²) in [7, 11) is 0. The molecule has 20 heavy (non-hydrogen) atoms. The standard InChI is InChI=1S/C15H17F3N2/c1-10-2-5-13(6-3-10)20-14-7-4-12(15(16,17)18)8-11(14)9-19/h4,7-8,10,13,20H,2-3,5-6H2,1H3. The molecule has 5 heteroatoms. The molecule has 0 atom stereocenters. The topological polar surface area (TPSA) is 35.8 Å². The van der Waals surface area contributed by atoms with Crippen molar-refractivity contribution in [1.29, 1.82) is 5.26 Å². The molecule has 0 bridgehead atoms. The third-order valence-corrected chi connectivity index (χ3v) is 3.84. The minimum absolute atomic E-state index is 0.0541. The third kappa shape index (κ3) is 3.44. The van der Waals surface area contributed by atoms with Gasteiger partial charge in [0.25, 0.3) is 0 Å². The number of halogens is 3. The molecular weight excluding hydrogens is 265 g/mol. The first kappa shape index (κ1) is 14.7. The highest BCUT2D eigenvalue weighted by molar-refractivity contribution is 5.59. The zero-order chi connectivity index (χ0) is 14.8. The molecule has 2 rings (SSSR count). The number of hydrogen-bond donors (Lipinski definition) is 1. The largest absolute Gasteiger partial charge is 0.416 e. The van der Waals surface area contributed by atoms with Crippen molar-refractivity contribution in [2.75, 3.05) is 5.32 Å². The van der Waals surface area contributed by atoms with E-state index < -0.39 is 11.7 Å². The van der Waals surface area contributed by atoms with Crippen LogP contribution in [0.15, 0.2) is 18.2 Å². The Morgan fingerprint density at radius 3 is 2.40 bits per heavy atom. The molecule has 0 radical (unpaired) electrons. The molecule has 0 amide bonds. The second kappa shape index (κ2) is 5.74. The minimum Gasteiger partial charge on any atom is -0.381 e. The monoisotopic (exact) mass is 282 g/mol. The van der Waals surface area contributed by atoms with Crippen molar-refractivity contribution in [2.45, 2.75) is 44.8 Å². The lowest BCUT2D eigenvalue weighted by Gasteiger charge is -2.28. The zero-order valence-electron chi connectivity index (χ0n) is 11.3. The van der Waals surface area contributed by atoms with Crippen LogP contribution in [0.25, 0.3) is 0 Å². The van der Waals surface area contributed by atoms with Gasteiger partial charge < -0.3 is 5.32 Å². The molecule has 0 unspecified atom stereocenters. The average Bonchev–Trinajstić information content (AvgIpc) is 2.40. The molecule has 1 aromatic carbocycles. The van der Waals surface area contributed by atoms with Gasteiger partial charge in [0, 0.05) is 6.04 Å². The molecule has 1 saturated carbocycles. The molecule has 0 aliphatic heterocycles. The van der Waals surface area contributed by atoms with Crippen molar-refractivity contribution in [1.82, 2.24) is 0 Å². The van der Waals surface area contributed by atoms with Gasteiger partial charge in [0.15, 0.2) is 0 Å². The van der Waals surface area contributed by atoms with Gasteiger partial charge in [0.1, 0.15) is 6.07 Å². The number of nitriles is 1. The van der Waals surface area contributed by atoms with E-state index in [2.05, 4.69) is 12.2 Å². The molecule has 1 aliphatic carbocycles. The number of benzene rings is 1. The quantitative estimate of drug-likeness (QED) is 0.862. The summed E-state index contributed by atoms with van der Waals surface area (Å²) in [6, 6.07) is 5.38. The molecule has 0 spiro atoms. The van der Waals surface area contributed by atoms with Gasteiger partial charge in [-0.05, 0) is 49.8 Å². The van der Waals surface area contributed by atoms with Crippen molar-refractivity contribution in [3.05, 3.63) is 29.3 Å². The SMILES string of the molecule is CC1CCC(Nc2ccc(C(F)(F)F)cc2C#N)CC1. The lowest BCUT2D eigenvalue weighted by atomic mass is 9.87. The zero-order valence-corrected chi connectivity index (χ0v) is 11.3. The summed E-state index contributed by atoms with van der Waals surface area (Å²) in [5.41, 5.74) is -0.227. The summed E-state index contributed by atoms with van der Waals surface area (Å²) >= 11 is 0. The maximum atomic E-state index is 12.6. The van der Waals surface area contributed by atoms with Gasteiger partial charge in [0.2, 0.25) is 0 Å². The fraction of sp³-hybridized carbons (Fsp3) is 0.533. The van der Waals surface area contributed by atoms with Gasteiger partial charge >= 0.3 is 6.18 Å². The highest BCUT2D eigenvalue weighted by Crippen LogP contribution is 2.33. The van der Waals surface area contributed by atoms with E-state index in [1.807, 2.05) is 6.07 Å². The van der Waals surface area contributed by atoms with Crippen LogP contribution in [0.5, 0.6) is 0 Å². The van der Waals surface area contributed by atoms with Crippen molar-refractivity contribution in [3.63, 3.8) is 0 Å². The van der Waals surface area contributed by atoms with Crippen LogP contribution in [0.2, 0.25) is 0 Å². The lowest BCUT2D eigenvalue weighted by Crippen LogP contribution is -2.25. The van der Waals surface area contributed by atoms with Gasteiger partial charge in [-0.3, -0.25) is 0 Å². The van der Waals surface area contributed by atoms with Gasteiger partial charge in [0.05, 0.1) is 16.8 Å². The van der Waals surface area contributed by atoms with Crippen LogP contribution in [0, 0.1) is 17.2 Å². The Balaban J connectivity index is 2.14. The van der Waals surface area contributed by atoms with E-state index in [9.17, 15) is 13.2 Å². The van der Waals surface area contributed by atoms with Crippen molar-refractivity contribution >= 4 is 5.69 Å². The number of alkyl halides is 3. The van der Waals surface area contributed by atoms with E-state index in [-0.39, 0.29) is 11.6 Å². The average molecular weight is 282 g/mol. The molecule has 0 saturated heterocycles. The third-order valence-electron chi connectivity index (χ3n) is 3.84. The van der Waals surface area contributed by atoms with Crippen LogP contribution in [0.1, 0.15) is 43.7 Å². The smallest absolute Gasteiger partial charge is 0.381 e. The van der Waals surface area contributed by atoms with Crippen LogP contribution in [-0.4, -0.2) is 6.04 Å². The highest BCUT2D eigenvalue weighted by Gasteiger charge is 2.31. The number of nitrogens with zero attached hydrogens (tertiary/aromatic N) is 1. The number of anilines is 1. The first-order chi connectivity index (χ1) is 9.40. The van der Waals surface area contributed by atoms with Gasteiger partial charge in [-0.2, -0.15) is 18.4 Å². The predicted octanol–water partition coefficient (Wildman–Crippen LogP) is 4.57. The Morgan fingerprint density at radius 1 is 1.20 bits per heavy atom. The van der Waals surface area contributed by atoms with E-state index >= 15 is 0 Å². The molecule has 1 N–H and O–H groups in total. The number of hydrogen-bond acceptors (Lipinski definition) is 2. The molecule has 0 heterocycles. The second-order valence-electron chi connectivity index (χ2n) is 5.47. The predicted molar refractivity (Wildman–Crippen MR) is 71.2 cm³/mol. The van der Waals surface area contributed by atoms with Crippen LogP contribution in [0.3, 0.4) is 0 Å². The van der Waals surface area contributed by atoms with E-state index in [1.54, 1.807) is 0 Å². The Morgan fingerprint density at radius 2 is 1.85 bits per heavy atom. The first-order valence-corrected chi connectivity index (χ1v) is 6.78. The van der Waals surface area contributed by atoms with Crippen LogP contribution in [-0.2, 0) is 6.18 Å². The second-order valence-corrected chi connectivity index (χ2v) is 5.47. The molecular formula is C15H17F3N2. The summed E-state index contributed by atoms with van der Waals surface area (Å²) < 4.78 is 37.8. The Bertz CT molecular complexity index is 509. The first-order valence-electron chi connectivity index (χ1n) is 6.78. The van der Waals surface area contributed by atoms with Gasteiger partial charge in [-0.1, -0.05) is 6.92 Å². The van der Waals surface area contributed by atoms with Crippen LogP contribution in [0.4, 0.5) is 18.9 Å². The molecule has 1 aromatic rings. The van der Waals surface area contributed by atoms with E-state index in [0.717, 1.165) is 37.8 Å². The maximum Gasteiger partial charge on any atom is 0.416 e. The summed E-state index contributed by atoms with van der Waals surface area (Å²) in [6.07, 6.45) is -0.203. The van der Waals surface area contributed by atoms with E-state index in [0.29, 0.717) is 11.6 Å². The highest BCUT2D eigenvalue weighted by atomic mass is 19.4. The minimum atomic E-state index is -4.41. The lowest BCUT2D eigenvalue weighted by molar-refractivity contribution is -0.137. The molecule has 1 aliphatic rings. The number of nitrogens with one attached hydrogen (secondary N) is 1. The van der Waals surface area contributed by atoms with Crippen molar-refractivity contribution in [3.8, 4) is 6.07 Å². The summed E-state index contributed by atoms with van der Waals surface area (Å²) in [6.45, 7) is 2.20. The van der Waals surface area contributed by atoms with E-state index in [1.165, 1.54) is 6.07 Å². The van der Waals surface area contributed by atoms with Gasteiger partial charge in [-0.25, -0.2) is 0 Å².